The maximum atomic E-state index is 11.2. The molecule has 3 rings (SSSR count). The van der Waals surface area contributed by atoms with Crippen LogP contribution in [-0.2, 0) is 17.4 Å². The number of aromatic nitrogens is 1. The number of aliphatic hydroxyl groups is 1. The molecule has 0 saturated carbocycles. The molecule has 1 aliphatic carbocycles. The van der Waals surface area contributed by atoms with Gasteiger partial charge in [-0.2, -0.15) is 0 Å². The lowest BCUT2D eigenvalue weighted by molar-refractivity contribution is -0.0340. The lowest BCUT2D eigenvalue weighted by atomic mass is 9.60. The van der Waals surface area contributed by atoms with Gasteiger partial charge in [-0.15, -0.1) is 0 Å². The van der Waals surface area contributed by atoms with Gasteiger partial charge in [0.1, 0.15) is 0 Å². The first-order valence-corrected chi connectivity index (χ1v) is 6.77. The molecular weight excluding hydrogens is 234 g/mol. The molecule has 0 amide bonds. The Morgan fingerprint density at radius 3 is 2.63 bits per heavy atom. The highest BCUT2D eigenvalue weighted by Crippen LogP contribution is 2.49. The standard InChI is InChI=1S/C17H19NO/c1-16(14-7-5-11-18-12-14)10-9-13-6-3-4-8-15(13)17(16,2)19/h3-8,11-12,19H,9-10H2,1-2H3/t16-,17-/m0/s1. The molecule has 0 unspecified atom stereocenters. The number of hydrogen-bond donors (Lipinski definition) is 1. The number of fused-ring (bicyclic) bond motifs is 1. The van der Waals surface area contributed by atoms with Crippen molar-refractivity contribution in [2.75, 3.05) is 0 Å². The van der Waals surface area contributed by atoms with Gasteiger partial charge in [0.2, 0.25) is 0 Å². The fraction of sp³-hybridized carbons (Fsp3) is 0.353. The molecule has 98 valence electrons. The Morgan fingerprint density at radius 1 is 1.11 bits per heavy atom. The average Bonchev–Trinajstić information content (AvgIpc) is 2.45. The second-order valence-electron chi connectivity index (χ2n) is 5.80. The van der Waals surface area contributed by atoms with Gasteiger partial charge in [0.05, 0.1) is 5.60 Å². The molecule has 1 aromatic heterocycles. The summed E-state index contributed by atoms with van der Waals surface area (Å²) < 4.78 is 0. The minimum Gasteiger partial charge on any atom is -0.385 e. The minimum atomic E-state index is -0.870. The third-order valence-electron chi connectivity index (χ3n) is 4.81. The van der Waals surface area contributed by atoms with Crippen molar-refractivity contribution in [2.24, 2.45) is 0 Å². The summed E-state index contributed by atoms with van der Waals surface area (Å²) in [5, 5.41) is 11.2. The third kappa shape index (κ3) is 1.71. The highest BCUT2D eigenvalue weighted by molar-refractivity contribution is 5.42. The second-order valence-corrected chi connectivity index (χ2v) is 5.80. The van der Waals surface area contributed by atoms with Crippen molar-refractivity contribution in [1.82, 2.24) is 4.98 Å². The molecule has 1 N–H and O–H groups in total. The molecule has 1 heterocycles. The van der Waals surface area contributed by atoms with Crippen LogP contribution in [0, 0.1) is 0 Å². The smallest absolute Gasteiger partial charge is 0.0965 e. The topological polar surface area (TPSA) is 33.1 Å². The summed E-state index contributed by atoms with van der Waals surface area (Å²) in [5.74, 6) is 0. The van der Waals surface area contributed by atoms with E-state index in [9.17, 15) is 5.11 Å². The van der Waals surface area contributed by atoms with E-state index in [2.05, 4.69) is 24.0 Å². The van der Waals surface area contributed by atoms with Gasteiger partial charge in [0.25, 0.3) is 0 Å². The zero-order valence-corrected chi connectivity index (χ0v) is 11.4. The molecule has 0 spiro atoms. The molecule has 2 heteroatoms. The maximum Gasteiger partial charge on any atom is 0.0965 e. The molecule has 0 radical (unpaired) electrons. The number of benzene rings is 1. The summed E-state index contributed by atoms with van der Waals surface area (Å²) in [7, 11) is 0. The van der Waals surface area contributed by atoms with Gasteiger partial charge in [-0.05, 0) is 42.5 Å². The first-order valence-electron chi connectivity index (χ1n) is 6.77. The predicted molar refractivity (Wildman–Crippen MR) is 75.9 cm³/mol. The Labute approximate surface area is 114 Å². The minimum absolute atomic E-state index is 0.296. The number of hydrogen-bond acceptors (Lipinski definition) is 2. The van der Waals surface area contributed by atoms with Crippen molar-refractivity contribution in [3.8, 4) is 0 Å². The third-order valence-corrected chi connectivity index (χ3v) is 4.81. The van der Waals surface area contributed by atoms with Gasteiger partial charge in [-0.1, -0.05) is 37.3 Å². The SMILES string of the molecule is C[C@]1(O)c2ccccc2CC[C@@]1(C)c1cccnc1. The molecule has 0 bridgehead atoms. The van der Waals surface area contributed by atoms with Crippen molar-refractivity contribution in [2.45, 2.75) is 37.7 Å². The van der Waals surface area contributed by atoms with Gasteiger partial charge in [0, 0.05) is 17.8 Å². The van der Waals surface area contributed by atoms with Crippen molar-refractivity contribution >= 4 is 0 Å². The van der Waals surface area contributed by atoms with E-state index in [4.69, 9.17) is 0 Å². The van der Waals surface area contributed by atoms with Crippen molar-refractivity contribution in [3.05, 3.63) is 65.5 Å². The Hall–Kier alpha value is -1.67. The van der Waals surface area contributed by atoms with Crippen molar-refractivity contribution in [3.63, 3.8) is 0 Å². The fourth-order valence-corrected chi connectivity index (χ4v) is 3.25. The number of nitrogens with zero attached hydrogens (tertiary/aromatic N) is 1. The molecule has 1 aliphatic rings. The molecule has 0 fully saturated rings. The normalized spacial score (nSPS) is 29.8. The summed E-state index contributed by atoms with van der Waals surface area (Å²) in [5.41, 5.74) is 2.25. The van der Waals surface area contributed by atoms with Gasteiger partial charge < -0.3 is 5.11 Å². The molecule has 1 aromatic carbocycles. The number of rotatable bonds is 1. The number of pyridine rings is 1. The summed E-state index contributed by atoms with van der Waals surface area (Å²) >= 11 is 0. The summed E-state index contributed by atoms with van der Waals surface area (Å²) in [6.45, 7) is 4.07. The molecule has 2 aromatic rings. The second kappa shape index (κ2) is 4.17. The van der Waals surface area contributed by atoms with E-state index in [1.54, 1.807) is 6.20 Å². The Balaban J connectivity index is 2.16. The van der Waals surface area contributed by atoms with Gasteiger partial charge in [-0.25, -0.2) is 0 Å². The molecule has 0 saturated heterocycles. The van der Waals surface area contributed by atoms with E-state index >= 15 is 0 Å². The molecule has 19 heavy (non-hydrogen) atoms. The van der Waals surface area contributed by atoms with Crippen LogP contribution in [0.4, 0.5) is 0 Å². The first kappa shape index (κ1) is 12.4. The van der Waals surface area contributed by atoms with Crippen LogP contribution < -0.4 is 0 Å². The van der Waals surface area contributed by atoms with Gasteiger partial charge in [0.15, 0.2) is 0 Å². The van der Waals surface area contributed by atoms with Crippen LogP contribution in [0.2, 0.25) is 0 Å². The van der Waals surface area contributed by atoms with Crippen LogP contribution in [0.15, 0.2) is 48.8 Å². The summed E-state index contributed by atoms with van der Waals surface area (Å²) in [4.78, 5) is 4.22. The van der Waals surface area contributed by atoms with Gasteiger partial charge >= 0.3 is 0 Å². The average molecular weight is 253 g/mol. The van der Waals surface area contributed by atoms with Crippen LogP contribution in [0.25, 0.3) is 0 Å². The lowest BCUT2D eigenvalue weighted by Gasteiger charge is -2.47. The molecule has 0 aliphatic heterocycles. The molecule has 2 atom stereocenters. The predicted octanol–water partition coefficient (Wildman–Crippen LogP) is 3.19. The largest absolute Gasteiger partial charge is 0.385 e. The monoisotopic (exact) mass is 253 g/mol. The van der Waals surface area contributed by atoms with E-state index in [0.29, 0.717) is 0 Å². The Morgan fingerprint density at radius 2 is 1.89 bits per heavy atom. The number of aryl methyl sites for hydroxylation is 1. The van der Waals surface area contributed by atoms with E-state index in [-0.39, 0.29) is 5.41 Å². The van der Waals surface area contributed by atoms with Crippen molar-refractivity contribution in [1.29, 1.82) is 0 Å². The van der Waals surface area contributed by atoms with Crippen LogP contribution >= 0.6 is 0 Å². The van der Waals surface area contributed by atoms with Crippen LogP contribution in [-0.4, -0.2) is 10.1 Å². The van der Waals surface area contributed by atoms with E-state index < -0.39 is 5.60 Å². The fourth-order valence-electron chi connectivity index (χ4n) is 3.25. The van der Waals surface area contributed by atoms with Crippen LogP contribution in [0.1, 0.15) is 37.0 Å². The Bertz CT molecular complexity index is 591. The maximum absolute atomic E-state index is 11.2. The zero-order chi connectivity index (χ0) is 13.5. The van der Waals surface area contributed by atoms with Crippen LogP contribution in [0.5, 0.6) is 0 Å². The lowest BCUT2D eigenvalue weighted by Crippen LogP contribution is -2.48. The van der Waals surface area contributed by atoms with Crippen LogP contribution in [0.3, 0.4) is 0 Å². The van der Waals surface area contributed by atoms with E-state index in [1.165, 1.54) is 5.56 Å². The zero-order valence-electron chi connectivity index (χ0n) is 11.4. The summed E-state index contributed by atoms with van der Waals surface area (Å²) in [6.07, 6.45) is 5.58. The highest BCUT2D eigenvalue weighted by Gasteiger charge is 2.49. The molecule has 2 nitrogen and oxygen atoms in total. The summed E-state index contributed by atoms with van der Waals surface area (Å²) in [6, 6.07) is 12.2. The molecular formula is C17H19NO. The quantitative estimate of drug-likeness (QED) is 0.846. The van der Waals surface area contributed by atoms with E-state index in [1.807, 2.05) is 37.4 Å². The van der Waals surface area contributed by atoms with Gasteiger partial charge in [-0.3, -0.25) is 4.98 Å². The van der Waals surface area contributed by atoms with Crippen molar-refractivity contribution < 1.29 is 5.11 Å². The Kier molecular flexibility index (Phi) is 2.72. The highest BCUT2D eigenvalue weighted by atomic mass is 16.3. The first-order chi connectivity index (χ1) is 9.06. The van der Waals surface area contributed by atoms with E-state index in [0.717, 1.165) is 24.0 Å².